The Morgan fingerprint density at radius 1 is 1.35 bits per heavy atom. The van der Waals surface area contributed by atoms with Crippen LogP contribution < -0.4 is 5.73 Å². The van der Waals surface area contributed by atoms with Crippen LogP contribution in [-0.2, 0) is 13.5 Å². The zero-order chi connectivity index (χ0) is 12.4. The summed E-state index contributed by atoms with van der Waals surface area (Å²) in [6.07, 6.45) is 4.73. The number of nitrogens with zero attached hydrogens (tertiary/aromatic N) is 2. The van der Waals surface area contributed by atoms with E-state index in [9.17, 15) is 0 Å². The number of hydrogen-bond donors (Lipinski definition) is 1. The molecule has 90 valence electrons. The molecule has 1 aromatic heterocycles. The molecule has 0 saturated carbocycles. The van der Waals surface area contributed by atoms with Crippen LogP contribution in [0, 0.1) is 13.8 Å². The highest BCUT2D eigenvalue weighted by Gasteiger charge is 2.11. The monoisotopic (exact) mass is 229 g/mol. The molecular weight excluding hydrogens is 210 g/mol. The standard InChI is InChI=1S/C14H19N3/c1-10-4-5-11(2)13(6-10)14(15)7-12-8-16-17(3)9-12/h4-6,8-9,14H,7,15H2,1-3H3. The van der Waals surface area contributed by atoms with Gasteiger partial charge in [-0.25, -0.2) is 0 Å². The Kier molecular flexibility index (Phi) is 3.29. The average Bonchev–Trinajstić information content (AvgIpc) is 2.67. The van der Waals surface area contributed by atoms with E-state index in [0.717, 1.165) is 6.42 Å². The Balaban J connectivity index is 2.19. The molecule has 2 rings (SSSR count). The molecule has 2 aromatic rings. The maximum absolute atomic E-state index is 6.27. The van der Waals surface area contributed by atoms with Crippen LogP contribution in [0.15, 0.2) is 30.6 Å². The van der Waals surface area contributed by atoms with Crippen molar-refractivity contribution in [2.24, 2.45) is 12.8 Å². The first-order chi connectivity index (χ1) is 8.06. The van der Waals surface area contributed by atoms with E-state index < -0.39 is 0 Å². The van der Waals surface area contributed by atoms with E-state index in [1.54, 1.807) is 0 Å². The third-order valence-corrected chi connectivity index (χ3v) is 3.05. The second-order valence-corrected chi connectivity index (χ2v) is 4.69. The normalized spacial score (nSPS) is 12.7. The molecule has 2 N–H and O–H groups in total. The van der Waals surface area contributed by atoms with Crippen molar-refractivity contribution >= 4 is 0 Å². The van der Waals surface area contributed by atoms with E-state index in [1.165, 1.54) is 22.3 Å². The van der Waals surface area contributed by atoms with Crippen LogP contribution in [0.3, 0.4) is 0 Å². The zero-order valence-electron chi connectivity index (χ0n) is 10.6. The third-order valence-electron chi connectivity index (χ3n) is 3.05. The number of benzene rings is 1. The first kappa shape index (κ1) is 11.9. The van der Waals surface area contributed by atoms with E-state index >= 15 is 0 Å². The Labute approximate surface area is 102 Å². The van der Waals surface area contributed by atoms with Crippen LogP contribution in [0.4, 0.5) is 0 Å². The van der Waals surface area contributed by atoms with E-state index in [1.807, 2.05) is 24.1 Å². The van der Waals surface area contributed by atoms with Gasteiger partial charge in [0.05, 0.1) is 6.20 Å². The number of hydrogen-bond acceptors (Lipinski definition) is 2. The van der Waals surface area contributed by atoms with Gasteiger partial charge in [-0.3, -0.25) is 4.68 Å². The molecule has 0 fully saturated rings. The van der Waals surface area contributed by atoms with Crippen molar-refractivity contribution in [1.82, 2.24) is 9.78 Å². The molecule has 1 unspecified atom stereocenters. The summed E-state index contributed by atoms with van der Waals surface area (Å²) >= 11 is 0. The molecule has 17 heavy (non-hydrogen) atoms. The SMILES string of the molecule is Cc1ccc(C)c(C(N)Cc2cnn(C)c2)c1. The maximum Gasteiger partial charge on any atom is 0.0522 e. The molecule has 0 aliphatic rings. The number of aromatic nitrogens is 2. The number of rotatable bonds is 3. The minimum absolute atomic E-state index is 0.0408. The molecule has 1 atom stereocenters. The van der Waals surface area contributed by atoms with Gasteiger partial charge in [-0.15, -0.1) is 0 Å². The molecular formula is C14H19N3. The van der Waals surface area contributed by atoms with Gasteiger partial charge in [-0.1, -0.05) is 23.8 Å². The molecule has 0 amide bonds. The second-order valence-electron chi connectivity index (χ2n) is 4.69. The summed E-state index contributed by atoms with van der Waals surface area (Å²) < 4.78 is 1.81. The van der Waals surface area contributed by atoms with Gasteiger partial charge in [0, 0.05) is 19.3 Å². The summed E-state index contributed by atoms with van der Waals surface area (Å²) in [6, 6.07) is 6.47. The Morgan fingerprint density at radius 3 is 2.76 bits per heavy atom. The smallest absolute Gasteiger partial charge is 0.0522 e. The summed E-state index contributed by atoms with van der Waals surface area (Å²) in [7, 11) is 1.92. The van der Waals surface area contributed by atoms with E-state index in [-0.39, 0.29) is 6.04 Å². The molecule has 1 heterocycles. The maximum atomic E-state index is 6.27. The lowest BCUT2D eigenvalue weighted by atomic mass is 9.96. The lowest BCUT2D eigenvalue weighted by Gasteiger charge is -2.14. The first-order valence-electron chi connectivity index (χ1n) is 5.86. The zero-order valence-corrected chi connectivity index (χ0v) is 10.6. The van der Waals surface area contributed by atoms with Crippen LogP contribution in [0.2, 0.25) is 0 Å². The van der Waals surface area contributed by atoms with Crippen molar-refractivity contribution in [3.63, 3.8) is 0 Å². The Hall–Kier alpha value is -1.61. The summed E-state index contributed by atoms with van der Waals surface area (Å²) in [6.45, 7) is 4.21. The molecule has 3 nitrogen and oxygen atoms in total. The molecule has 0 aliphatic carbocycles. The lowest BCUT2D eigenvalue weighted by molar-refractivity contribution is 0.713. The summed E-state index contributed by atoms with van der Waals surface area (Å²) in [5.74, 6) is 0. The van der Waals surface area contributed by atoms with Gasteiger partial charge in [-0.05, 0) is 37.0 Å². The van der Waals surface area contributed by atoms with Gasteiger partial charge in [0.25, 0.3) is 0 Å². The molecule has 1 aromatic carbocycles. The Morgan fingerprint density at radius 2 is 2.12 bits per heavy atom. The van der Waals surface area contributed by atoms with Crippen molar-refractivity contribution in [3.8, 4) is 0 Å². The predicted octanol–water partition coefficient (Wildman–Crippen LogP) is 2.28. The third kappa shape index (κ3) is 2.74. The first-order valence-corrected chi connectivity index (χ1v) is 5.86. The molecule has 0 radical (unpaired) electrons. The van der Waals surface area contributed by atoms with Gasteiger partial charge in [0.1, 0.15) is 0 Å². The van der Waals surface area contributed by atoms with Crippen LogP contribution in [0.1, 0.15) is 28.3 Å². The fourth-order valence-corrected chi connectivity index (χ4v) is 2.10. The molecule has 0 saturated heterocycles. The topological polar surface area (TPSA) is 43.8 Å². The number of aryl methyl sites for hydroxylation is 3. The fourth-order valence-electron chi connectivity index (χ4n) is 2.10. The average molecular weight is 229 g/mol. The van der Waals surface area contributed by atoms with E-state index in [0.29, 0.717) is 0 Å². The minimum atomic E-state index is 0.0408. The van der Waals surface area contributed by atoms with Crippen molar-refractivity contribution in [3.05, 3.63) is 52.8 Å². The predicted molar refractivity (Wildman–Crippen MR) is 69.8 cm³/mol. The summed E-state index contributed by atoms with van der Waals surface area (Å²) in [5.41, 5.74) is 11.2. The van der Waals surface area contributed by atoms with Crippen LogP contribution in [0.5, 0.6) is 0 Å². The van der Waals surface area contributed by atoms with Gasteiger partial charge in [0.15, 0.2) is 0 Å². The van der Waals surface area contributed by atoms with Crippen LogP contribution in [0.25, 0.3) is 0 Å². The minimum Gasteiger partial charge on any atom is -0.324 e. The van der Waals surface area contributed by atoms with Gasteiger partial charge < -0.3 is 5.73 Å². The fraction of sp³-hybridized carbons (Fsp3) is 0.357. The molecule has 0 bridgehead atoms. The molecule has 0 aliphatic heterocycles. The quantitative estimate of drug-likeness (QED) is 0.877. The van der Waals surface area contributed by atoms with Crippen LogP contribution in [-0.4, -0.2) is 9.78 Å². The highest BCUT2D eigenvalue weighted by atomic mass is 15.2. The molecule has 3 heteroatoms. The van der Waals surface area contributed by atoms with Crippen molar-refractivity contribution in [2.45, 2.75) is 26.3 Å². The second kappa shape index (κ2) is 4.72. The highest BCUT2D eigenvalue weighted by molar-refractivity contribution is 5.33. The molecule has 0 spiro atoms. The van der Waals surface area contributed by atoms with E-state index in [2.05, 4.69) is 37.1 Å². The summed E-state index contributed by atoms with van der Waals surface area (Å²) in [4.78, 5) is 0. The van der Waals surface area contributed by atoms with Crippen molar-refractivity contribution in [2.75, 3.05) is 0 Å². The van der Waals surface area contributed by atoms with Crippen LogP contribution >= 0.6 is 0 Å². The number of nitrogens with two attached hydrogens (primary N) is 1. The summed E-state index contributed by atoms with van der Waals surface area (Å²) in [5, 5.41) is 4.16. The largest absolute Gasteiger partial charge is 0.324 e. The lowest BCUT2D eigenvalue weighted by Crippen LogP contribution is -2.14. The van der Waals surface area contributed by atoms with Crippen molar-refractivity contribution < 1.29 is 0 Å². The van der Waals surface area contributed by atoms with Gasteiger partial charge in [-0.2, -0.15) is 5.10 Å². The van der Waals surface area contributed by atoms with E-state index in [4.69, 9.17) is 5.73 Å². The van der Waals surface area contributed by atoms with Gasteiger partial charge >= 0.3 is 0 Å². The highest BCUT2D eigenvalue weighted by Crippen LogP contribution is 2.20. The van der Waals surface area contributed by atoms with Gasteiger partial charge in [0.2, 0.25) is 0 Å². The Bertz CT molecular complexity index is 514. The van der Waals surface area contributed by atoms with Crippen molar-refractivity contribution in [1.29, 1.82) is 0 Å².